The smallest absolute Gasteiger partial charge is 0.321 e. The highest BCUT2D eigenvalue weighted by molar-refractivity contribution is 7.98. The molecule has 2 heterocycles. The van der Waals surface area contributed by atoms with Crippen LogP contribution < -0.4 is 10.1 Å². The van der Waals surface area contributed by atoms with Crippen LogP contribution in [-0.2, 0) is 22.4 Å². The topological polar surface area (TPSA) is 74.3 Å². The lowest BCUT2D eigenvalue weighted by atomic mass is 9.86. The summed E-state index contributed by atoms with van der Waals surface area (Å²) in [6.07, 6.45) is 0.451. The van der Waals surface area contributed by atoms with Crippen molar-refractivity contribution in [2.45, 2.75) is 62.3 Å². The lowest BCUT2D eigenvalue weighted by Gasteiger charge is -2.30. The molecule has 1 aromatic heterocycles. The van der Waals surface area contributed by atoms with Crippen molar-refractivity contribution in [1.29, 1.82) is 0 Å². The van der Waals surface area contributed by atoms with Gasteiger partial charge in [-0.15, -0.1) is 11.8 Å². The molecule has 0 amide bonds. The van der Waals surface area contributed by atoms with Crippen molar-refractivity contribution in [2.24, 2.45) is 0 Å². The zero-order valence-electron chi connectivity index (χ0n) is 22.0. The van der Waals surface area contributed by atoms with E-state index in [9.17, 15) is 9.90 Å². The highest BCUT2D eigenvalue weighted by Gasteiger charge is 2.34. The molecule has 1 aliphatic rings. The van der Waals surface area contributed by atoms with E-state index in [1.54, 1.807) is 7.11 Å². The molecule has 0 bridgehead atoms. The third kappa shape index (κ3) is 5.00. The second kappa shape index (κ2) is 9.92. The SMILES string of the molecule is COc1ccc([C@H]2N[C@@H](C(=O)O)Cc3c2[nH]c2ccccc32)cc1CSc1cc(C)ccc1C(C)(C)C. The van der Waals surface area contributed by atoms with Crippen LogP contribution in [0.4, 0.5) is 0 Å². The van der Waals surface area contributed by atoms with Crippen molar-refractivity contribution in [3.8, 4) is 5.75 Å². The number of aliphatic carboxylic acids is 1. The number of aromatic amines is 1. The highest BCUT2D eigenvalue weighted by atomic mass is 32.2. The molecule has 3 aromatic carbocycles. The number of rotatable bonds is 6. The van der Waals surface area contributed by atoms with Gasteiger partial charge in [0.1, 0.15) is 11.8 Å². The van der Waals surface area contributed by atoms with Crippen LogP contribution >= 0.6 is 11.8 Å². The summed E-state index contributed by atoms with van der Waals surface area (Å²) in [4.78, 5) is 16.9. The number of thioether (sulfide) groups is 1. The second-order valence-corrected chi connectivity index (χ2v) is 11.9. The molecule has 0 fully saturated rings. The van der Waals surface area contributed by atoms with Gasteiger partial charge >= 0.3 is 5.97 Å². The summed E-state index contributed by atoms with van der Waals surface area (Å²) in [5.41, 5.74) is 7.88. The number of aryl methyl sites for hydroxylation is 1. The van der Waals surface area contributed by atoms with Gasteiger partial charge in [0.15, 0.2) is 0 Å². The molecule has 0 saturated carbocycles. The van der Waals surface area contributed by atoms with Gasteiger partial charge in [-0.05, 0) is 58.9 Å². The monoisotopic (exact) mass is 514 g/mol. The number of carbonyl (C=O) groups is 1. The van der Waals surface area contributed by atoms with E-state index in [1.807, 2.05) is 42.1 Å². The summed E-state index contributed by atoms with van der Waals surface area (Å²) in [5.74, 6) is 0.751. The van der Waals surface area contributed by atoms with Crippen LogP contribution in [0.1, 0.15) is 60.3 Å². The molecule has 4 aromatic rings. The Morgan fingerprint density at radius 3 is 2.62 bits per heavy atom. The number of fused-ring (bicyclic) bond motifs is 3. The summed E-state index contributed by atoms with van der Waals surface area (Å²) in [7, 11) is 1.70. The maximum atomic E-state index is 12.1. The average Bonchev–Trinajstić information content (AvgIpc) is 3.24. The number of benzene rings is 3. The van der Waals surface area contributed by atoms with Crippen LogP contribution in [-0.4, -0.2) is 29.2 Å². The standard InChI is InChI=1S/C31H34N2O3S/c1-18-10-12-23(31(2,3)4)27(14-18)37-17-20-15-19(11-13-26(20)36-5)28-29-22(16-25(33-28)30(34)35)21-8-6-7-9-24(21)32-29/h6-15,25,28,32-33H,16-17H2,1-5H3,(H,34,35)/t25-,28-/m1/s1. The quantitative estimate of drug-likeness (QED) is 0.248. The molecule has 1 aliphatic heterocycles. The molecule has 0 spiro atoms. The predicted molar refractivity (Wildman–Crippen MR) is 151 cm³/mol. The minimum absolute atomic E-state index is 0.0475. The van der Waals surface area contributed by atoms with E-state index < -0.39 is 12.0 Å². The van der Waals surface area contributed by atoms with Crippen molar-refractivity contribution in [2.75, 3.05) is 7.11 Å². The Morgan fingerprint density at radius 2 is 1.89 bits per heavy atom. The molecule has 0 aliphatic carbocycles. The molecule has 6 heteroatoms. The predicted octanol–water partition coefficient (Wildman–Crippen LogP) is 6.76. The first-order chi connectivity index (χ1) is 17.7. The minimum Gasteiger partial charge on any atom is -0.496 e. The molecule has 3 N–H and O–H groups in total. The zero-order valence-corrected chi connectivity index (χ0v) is 22.8. The van der Waals surface area contributed by atoms with Crippen molar-refractivity contribution in [3.63, 3.8) is 0 Å². The van der Waals surface area contributed by atoms with E-state index in [0.29, 0.717) is 6.42 Å². The lowest BCUT2D eigenvalue weighted by Crippen LogP contribution is -2.45. The van der Waals surface area contributed by atoms with Gasteiger partial charge in [-0.3, -0.25) is 10.1 Å². The summed E-state index contributed by atoms with van der Waals surface area (Å²) < 4.78 is 5.74. The molecule has 5 nitrogen and oxygen atoms in total. The molecule has 5 rings (SSSR count). The first-order valence-electron chi connectivity index (χ1n) is 12.6. The largest absolute Gasteiger partial charge is 0.496 e. The van der Waals surface area contributed by atoms with Crippen LogP contribution in [0.2, 0.25) is 0 Å². The van der Waals surface area contributed by atoms with Crippen LogP contribution in [0.15, 0.2) is 65.6 Å². The average molecular weight is 515 g/mol. The first-order valence-corrected chi connectivity index (χ1v) is 13.6. The molecule has 37 heavy (non-hydrogen) atoms. The normalized spacial score (nSPS) is 17.5. The Hall–Kier alpha value is -3.22. The van der Waals surface area contributed by atoms with Gasteiger partial charge in [0.2, 0.25) is 0 Å². The van der Waals surface area contributed by atoms with Crippen molar-refractivity contribution in [1.82, 2.24) is 10.3 Å². The summed E-state index contributed by atoms with van der Waals surface area (Å²) in [6.45, 7) is 8.86. The van der Waals surface area contributed by atoms with Gasteiger partial charge in [-0.1, -0.05) is 57.2 Å². The lowest BCUT2D eigenvalue weighted by molar-refractivity contribution is -0.139. The Kier molecular flexibility index (Phi) is 6.82. The fourth-order valence-electron chi connectivity index (χ4n) is 5.27. The van der Waals surface area contributed by atoms with Gasteiger partial charge in [0, 0.05) is 39.2 Å². The Morgan fingerprint density at radius 1 is 1.11 bits per heavy atom. The third-order valence-electron chi connectivity index (χ3n) is 7.18. The van der Waals surface area contributed by atoms with Gasteiger partial charge in [0.05, 0.1) is 13.2 Å². The maximum Gasteiger partial charge on any atom is 0.321 e. The number of methoxy groups -OCH3 is 1. The first kappa shape index (κ1) is 25.4. The number of nitrogens with one attached hydrogen (secondary N) is 2. The number of para-hydroxylation sites is 1. The highest BCUT2D eigenvalue weighted by Crippen LogP contribution is 2.39. The van der Waals surface area contributed by atoms with E-state index in [-0.39, 0.29) is 11.5 Å². The Labute approximate surface area is 222 Å². The van der Waals surface area contributed by atoms with E-state index in [2.05, 4.69) is 68.3 Å². The number of carboxylic acid groups (broad SMARTS) is 1. The fraction of sp³-hybridized carbons (Fsp3) is 0.323. The van der Waals surface area contributed by atoms with E-state index in [4.69, 9.17) is 4.74 Å². The number of hydrogen-bond donors (Lipinski definition) is 3. The number of ether oxygens (including phenoxy) is 1. The number of H-pyrrole nitrogens is 1. The molecule has 0 radical (unpaired) electrons. The second-order valence-electron chi connectivity index (χ2n) is 10.9. The summed E-state index contributed by atoms with van der Waals surface area (Å²) in [5, 5.41) is 14.4. The summed E-state index contributed by atoms with van der Waals surface area (Å²) >= 11 is 1.82. The van der Waals surface area contributed by atoms with Crippen molar-refractivity contribution >= 4 is 28.6 Å². The Bertz CT molecular complexity index is 1470. The van der Waals surface area contributed by atoms with Crippen LogP contribution in [0.25, 0.3) is 10.9 Å². The van der Waals surface area contributed by atoms with E-state index >= 15 is 0 Å². The zero-order chi connectivity index (χ0) is 26.3. The van der Waals surface area contributed by atoms with Gasteiger partial charge in [-0.2, -0.15) is 0 Å². The van der Waals surface area contributed by atoms with Crippen LogP contribution in [0, 0.1) is 6.92 Å². The van der Waals surface area contributed by atoms with Crippen molar-refractivity contribution in [3.05, 3.63) is 94.2 Å². The summed E-state index contributed by atoms with van der Waals surface area (Å²) in [6, 6.07) is 20.1. The van der Waals surface area contributed by atoms with Crippen LogP contribution in [0.3, 0.4) is 0 Å². The van der Waals surface area contributed by atoms with Gasteiger partial charge in [0.25, 0.3) is 0 Å². The maximum absolute atomic E-state index is 12.1. The number of hydrogen-bond acceptors (Lipinski definition) is 4. The minimum atomic E-state index is -0.834. The van der Waals surface area contributed by atoms with Crippen molar-refractivity contribution < 1.29 is 14.6 Å². The fourth-order valence-corrected chi connectivity index (χ4v) is 6.61. The molecule has 0 saturated heterocycles. The molecular formula is C31H34N2O3S. The van der Waals surface area contributed by atoms with E-state index in [1.165, 1.54) is 16.0 Å². The van der Waals surface area contributed by atoms with Gasteiger partial charge in [-0.25, -0.2) is 0 Å². The number of aromatic nitrogens is 1. The molecule has 0 unspecified atom stereocenters. The molecule has 192 valence electrons. The molecule has 2 atom stereocenters. The molecular weight excluding hydrogens is 480 g/mol. The van der Waals surface area contributed by atoms with Gasteiger partial charge < -0.3 is 14.8 Å². The third-order valence-corrected chi connectivity index (χ3v) is 8.28. The number of carboxylic acids is 1. The van der Waals surface area contributed by atoms with Crippen LogP contribution in [0.5, 0.6) is 5.75 Å². The van der Waals surface area contributed by atoms with E-state index in [0.717, 1.165) is 44.8 Å². The Balaban J connectivity index is 1.52.